The standard InChI is InChI=1S/C24H31N5O6S3/c1-3-4-9-25-37(31,32)19-7-8-20-21(15-19)28-24(27-20)36-16-23(30)26-18-6-5-17(2)22(14-18)38(33,34)29-10-12-35-13-11-29/h5-8,14-15,25H,3-4,9-13,16H2,1-2H3,(H,26,30)(H,27,28). The van der Waals surface area contributed by atoms with Crippen molar-refractivity contribution < 1.29 is 26.4 Å². The molecule has 2 heterocycles. The zero-order chi connectivity index (χ0) is 27.3. The van der Waals surface area contributed by atoms with E-state index in [-0.39, 0.29) is 34.5 Å². The van der Waals surface area contributed by atoms with Crippen LogP contribution in [0, 0.1) is 6.92 Å². The number of aromatic nitrogens is 2. The Labute approximate surface area is 226 Å². The van der Waals surface area contributed by atoms with Crippen molar-refractivity contribution in [3.05, 3.63) is 42.0 Å². The van der Waals surface area contributed by atoms with Crippen LogP contribution in [0.5, 0.6) is 0 Å². The summed E-state index contributed by atoms with van der Waals surface area (Å²) in [5, 5.41) is 3.21. The number of imidazole rings is 1. The Morgan fingerprint density at radius 2 is 1.89 bits per heavy atom. The van der Waals surface area contributed by atoms with Gasteiger partial charge >= 0.3 is 0 Å². The van der Waals surface area contributed by atoms with E-state index in [1.54, 1.807) is 25.1 Å². The molecule has 1 saturated heterocycles. The van der Waals surface area contributed by atoms with Crippen molar-refractivity contribution in [2.24, 2.45) is 0 Å². The number of benzene rings is 2. The van der Waals surface area contributed by atoms with Gasteiger partial charge in [0.1, 0.15) is 0 Å². The third kappa shape index (κ3) is 6.74. The number of aryl methyl sites for hydroxylation is 1. The molecule has 1 fully saturated rings. The fraction of sp³-hybridized carbons (Fsp3) is 0.417. The SMILES string of the molecule is CCCCNS(=O)(=O)c1ccc2nc(SCC(=O)Nc3ccc(C)c(S(=O)(=O)N4CCOCC4)c3)[nH]c2c1. The first kappa shape index (κ1) is 28.5. The third-order valence-corrected chi connectivity index (χ3v) is 10.3. The summed E-state index contributed by atoms with van der Waals surface area (Å²) in [5.74, 6) is -0.319. The van der Waals surface area contributed by atoms with Crippen LogP contribution in [0.4, 0.5) is 5.69 Å². The van der Waals surface area contributed by atoms with E-state index in [1.807, 2.05) is 6.92 Å². The number of ether oxygens (including phenoxy) is 1. The van der Waals surface area contributed by atoms with Gasteiger partial charge in [-0.2, -0.15) is 4.31 Å². The molecule has 206 valence electrons. The van der Waals surface area contributed by atoms with E-state index in [0.717, 1.165) is 24.6 Å². The number of nitrogens with one attached hydrogen (secondary N) is 3. The molecule has 3 aromatic rings. The number of amides is 1. The van der Waals surface area contributed by atoms with Gasteiger partial charge in [-0.3, -0.25) is 4.79 Å². The van der Waals surface area contributed by atoms with Crippen LogP contribution >= 0.6 is 11.8 Å². The number of hydrogen-bond acceptors (Lipinski definition) is 8. The van der Waals surface area contributed by atoms with Gasteiger partial charge in [-0.15, -0.1) is 0 Å². The van der Waals surface area contributed by atoms with Crippen LogP contribution in [-0.4, -0.2) is 75.6 Å². The van der Waals surface area contributed by atoms with Crippen molar-refractivity contribution in [2.75, 3.05) is 43.9 Å². The molecule has 0 radical (unpaired) electrons. The lowest BCUT2D eigenvalue weighted by Gasteiger charge is -2.26. The molecule has 4 rings (SSSR count). The second-order valence-corrected chi connectivity index (χ2v) is 13.4. The van der Waals surface area contributed by atoms with Crippen LogP contribution in [0.2, 0.25) is 0 Å². The van der Waals surface area contributed by atoms with E-state index in [4.69, 9.17) is 4.74 Å². The minimum Gasteiger partial charge on any atom is -0.379 e. The van der Waals surface area contributed by atoms with Gasteiger partial charge in [-0.05, 0) is 49.2 Å². The highest BCUT2D eigenvalue weighted by atomic mass is 32.2. The number of unbranched alkanes of at least 4 members (excludes halogenated alkanes) is 1. The van der Waals surface area contributed by atoms with Gasteiger partial charge in [-0.25, -0.2) is 26.5 Å². The van der Waals surface area contributed by atoms with Gasteiger partial charge in [0, 0.05) is 25.3 Å². The molecule has 0 atom stereocenters. The van der Waals surface area contributed by atoms with Crippen LogP contribution in [0.3, 0.4) is 0 Å². The lowest BCUT2D eigenvalue weighted by molar-refractivity contribution is -0.113. The molecular formula is C24H31N5O6S3. The number of nitrogens with zero attached hydrogens (tertiary/aromatic N) is 2. The molecule has 0 saturated carbocycles. The third-order valence-electron chi connectivity index (χ3n) is 5.96. The van der Waals surface area contributed by atoms with Crippen LogP contribution in [-0.2, 0) is 29.6 Å². The summed E-state index contributed by atoms with van der Waals surface area (Å²) < 4.78 is 60.4. The normalized spacial score (nSPS) is 15.1. The predicted molar refractivity (Wildman–Crippen MR) is 146 cm³/mol. The summed E-state index contributed by atoms with van der Waals surface area (Å²) >= 11 is 1.16. The number of sulfonamides is 2. The molecule has 0 spiro atoms. The number of carbonyl (C=O) groups excluding carboxylic acids is 1. The number of hydrogen-bond donors (Lipinski definition) is 3. The Hall–Kier alpha value is -2.49. The van der Waals surface area contributed by atoms with E-state index < -0.39 is 20.0 Å². The van der Waals surface area contributed by atoms with Crippen molar-refractivity contribution in [1.82, 2.24) is 19.0 Å². The highest BCUT2D eigenvalue weighted by Crippen LogP contribution is 2.26. The zero-order valence-electron chi connectivity index (χ0n) is 21.2. The number of fused-ring (bicyclic) bond motifs is 1. The smallest absolute Gasteiger partial charge is 0.243 e. The molecule has 2 aromatic carbocycles. The highest BCUT2D eigenvalue weighted by Gasteiger charge is 2.28. The second kappa shape index (κ2) is 12.1. The molecule has 1 amide bonds. The van der Waals surface area contributed by atoms with Gasteiger partial charge in [0.25, 0.3) is 0 Å². The van der Waals surface area contributed by atoms with Crippen LogP contribution < -0.4 is 10.0 Å². The molecule has 1 aliphatic rings. The molecule has 14 heteroatoms. The molecule has 0 aliphatic carbocycles. The first-order valence-corrected chi connectivity index (χ1v) is 16.1. The van der Waals surface area contributed by atoms with Crippen molar-refractivity contribution in [1.29, 1.82) is 0 Å². The van der Waals surface area contributed by atoms with E-state index in [9.17, 15) is 21.6 Å². The maximum absolute atomic E-state index is 13.1. The highest BCUT2D eigenvalue weighted by molar-refractivity contribution is 7.99. The molecule has 0 bridgehead atoms. The van der Waals surface area contributed by atoms with E-state index >= 15 is 0 Å². The van der Waals surface area contributed by atoms with Gasteiger partial charge < -0.3 is 15.0 Å². The monoisotopic (exact) mass is 581 g/mol. The quantitative estimate of drug-likeness (QED) is 0.231. The first-order chi connectivity index (χ1) is 18.1. The topological polar surface area (TPSA) is 151 Å². The lowest BCUT2D eigenvalue weighted by Crippen LogP contribution is -2.40. The average Bonchev–Trinajstić information content (AvgIpc) is 3.31. The van der Waals surface area contributed by atoms with Crippen LogP contribution in [0.15, 0.2) is 51.3 Å². The molecular weight excluding hydrogens is 550 g/mol. The van der Waals surface area contributed by atoms with Crippen molar-refractivity contribution in [3.8, 4) is 0 Å². The van der Waals surface area contributed by atoms with E-state index in [0.29, 0.717) is 47.2 Å². The Kier molecular flexibility index (Phi) is 9.11. The Morgan fingerprint density at radius 1 is 1.13 bits per heavy atom. The molecule has 11 nitrogen and oxygen atoms in total. The number of H-pyrrole nitrogens is 1. The number of anilines is 1. The predicted octanol–water partition coefficient (Wildman–Crippen LogP) is 2.70. The number of morpholine rings is 1. The van der Waals surface area contributed by atoms with Crippen molar-refractivity contribution in [3.63, 3.8) is 0 Å². The van der Waals surface area contributed by atoms with E-state index in [1.165, 1.54) is 22.5 Å². The van der Waals surface area contributed by atoms with Crippen LogP contribution in [0.1, 0.15) is 25.3 Å². The molecule has 1 aliphatic heterocycles. The largest absolute Gasteiger partial charge is 0.379 e. The van der Waals surface area contributed by atoms with Crippen molar-refractivity contribution in [2.45, 2.75) is 41.6 Å². The van der Waals surface area contributed by atoms with E-state index in [2.05, 4.69) is 20.0 Å². The Morgan fingerprint density at radius 3 is 2.63 bits per heavy atom. The van der Waals surface area contributed by atoms with Crippen LogP contribution in [0.25, 0.3) is 11.0 Å². The maximum atomic E-state index is 13.1. The number of aromatic amines is 1. The second-order valence-electron chi connectivity index (χ2n) is 8.81. The summed E-state index contributed by atoms with van der Waals surface area (Å²) in [4.78, 5) is 20.4. The number of rotatable bonds is 11. The fourth-order valence-electron chi connectivity index (χ4n) is 3.88. The fourth-order valence-corrected chi connectivity index (χ4v) is 7.32. The van der Waals surface area contributed by atoms with Crippen molar-refractivity contribution >= 4 is 54.4 Å². The van der Waals surface area contributed by atoms with Gasteiger partial charge in [-0.1, -0.05) is 31.2 Å². The average molecular weight is 582 g/mol. The molecule has 0 unspecified atom stereocenters. The minimum atomic E-state index is -3.71. The van der Waals surface area contributed by atoms with Gasteiger partial charge in [0.2, 0.25) is 26.0 Å². The van der Waals surface area contributed by atoms with Gasteiger partial charge in [0.05, 0.1) is 39.8 Å². The summed E-state index contributed by atoms with van der Waals surface area (Å²) in [6.45, 7) is 5.34. The zero-order valence-corrected chi connectivity index (χ0v) is 23.6. The summed E-state index contributed by atoms with van der Waals surface area (Å²) in [6.07, 6.45) is 1.64. The molecule has 3 N–H and O–H groups in total. The summed E-state index contributed by atoms with van der Waals surface area (Å²) in [7, 11) is -7.33. The Balaban J connectivity index is 1.40. The lowest BCUT2D eigenvalue weighted by atomic mass is 10.2. The number of carbonyl (C=O) groups is 1. The Bertz CT molecular complexity index is 1520. The van der Waals surface area contributed by atoms with Gasteiger partial charge in [0.15, 0.2) is 5.16 Å². The maximum Gasteiger partial charge on any atom is 0.243 e. The number of thioether (sulfide) groups is 1. The summed E-state index contributed by atoms with van der Waals surface area (Å²) in [6, 6.07) is 9.43. The minimum absolute atomic E-state index is 0.0168. The first-order valence-electron chi connectivity index (χ1n) is 12.2. The molecule has 38 heavy (non-hydrogen) atoms. The summed E-state index contributed by atoms with van der Waals surface area (Å²) in [5.41, 5.74) is 2.09. The molecule has 1 aromatic heterocycles.